The Morgan fingerprint density at radius 1 is 1.10 bits per heavy atom. The number of anilines is 1. The number of benzene rings is 2. The van der Waals surface area contributed by atoms with E-state index in [2.05, 4.69) is 61.2 Å². The van der Waals surface area contributed by atoms with E-state index in [4.69, 9.17) is 5.73 Å². The van der Waals surface area contributed by atoms with Crippen LogP contribution in [0.25, 0.3) is 0 Å². The summed E-state index contributed by atoms with van der Waals surface area (Å²) < 4.78 is 0. The predicted molar refractivity (Wildman–Crippen MR) is 89.6 cm³/mol. The van der Waals surface area contributed by atoms with E-state index in [-0.39, 0.29) is 6.04 Å². The van der Waals surface area contributed by atoms with Gasteiger partial charge >= 0.3 is 0 Å². The van der Waals surface area contributed by atoms with Crippen molar-refractivity contribution in [3.8, 4) is 0 Å². The molecule has 0 spiro atoms. The maximum absolute atomic E-state index is 6.32. The summed E-state index contributed by atoms with van der Waals surface area (Å²) in [5.74, 6) is 0. The summed E-state index contributed by atoms with van der Waals surface area (Å²) >= 11 is 0. The molecule has 2 nitrogen and oxygen atoms in total. The normalized spacial score (nSPS) is 18.2. The molecule has 21 heavy (non-hydrogen) atoms. The van der Waals surface area contributed by atoms with E-state index in [0.29, 0.717) is 0 Å². The number of para-hydroxylation sites is 1. The molecule has 1 aliphatic heterocycles. The largest absolute Gasteiger partial charge is 0.367 e. The van der Waals surface area contributed by atoms with Crippen LogP contribution in [0, 0.1) is 13.8 Å². The third-order valence-corrected chi connectivity index (χ3v) is 4.27. The van der Waals surface area contributed by atoms with E-state index in [1.54, 1.807) is 0 Å². The van der Waals surface area contributed by atoms with Gasteiger partial charge in [0.05, 0.1) is 0 Å². The van der Waals surface area contributed by atoms with Crippen molar-refractivity contribution < 1.29 is 0 Å². The van der Waals surface area contributed by atoms with Crippen LogP contribution in [0.1, 0.15) is 41.1 Å². The van der Waals surface area contributed by atoms with Crippen molar-refractivity contribution in [3.05, 3.63) is 64.7 Å². The Morgan fingerprint density at radius 2 is 1.81 bits per heavy atom. The predicted octanol–water partition coefficient (Wildman–Crippen LogP) is 4.10. The Kier molecular flexibility index (Phi) is 3.98. The molecule has 1 unspecified atom stereocenters. The fourth-order valence-corrected chi connectivity index (χ4v) is 3.41. The van der Waals surface area contributed by atoms with Crippen molar-refractivity contribution in [1.82, 2.24) is 0 Å². The molecule has 0 aromatic heterocycles. The summed E-state index contributed by atoms with van der Waals surface area (Å²) in [5, 5.41) is 0. The van der Waals surface area contributed by atoms with Gasteiger partial charge in [-0.25, -0.2) is 0 Å². The molecule has 2 aromatic rings. The monoisotopic (exact) mass is 280 g/mol. The van der Waals surface area contributed by atoms with Gasteiger partial charge in [-0.2, -0.15) is 0 Å². The minimum Gasteiger partial charge on any atom is -0.367 e. The van der Waals surface area contributed by atoms with Crippen LogP contribution < -0.4 is 10.6 Å². The molecule has 2 heteroatoms. The molecule has 0 saturated heterocycles. The topological polar surface area (TPSA) is 29.3 Å². The number of nitrogens with two attached hydrogens (primary N) is 1. The number of nitrogens with zero attached hydrogens (tertiary/aromatic N) is 1. The van der Waals surface area contributed by atoms with Crippen LogP contribution in [0.4, 0.5) is 5.69 Å². The average molecular weight is 280 g/mol. The van der Waals surface area contributed by atoms with E-state index in [0.717, 1.165) is 25.9 Å². The third kappa shape index (κ3) is 3.11. The van der Waals surface area contributed by atoms with Gasteiger partial charge in [-0.05, 0) is 43.9 Å². The minimum absolute atomic E-state index is 0.172. The first-order chi connectivity index (χ1) is 10.1. The lowest BCUT2D eigenvalue weighted by Gasteiger charge is -2.26. The number of fused-ring (bicyclic) bond motifs is 1. The first-order valence-electron chi connectivity index (χ1n) is 7.80. The van der Waals surface area contributed by atoms with Gasteiger partial charge in [0, 0.05) is 24.8 Å². The fraction of sp³-hybridized carbons (Fsp3) is 0.368. The lowest BCUT2D eigenvalue weighted by atomic mass is 10.0. The molecule has 1 atom stereocenters. The summed E-state index contributed by atoms with van der Waals surface area (Å²) in [6.45, 7) is 6.38. The second-order valence-corrected chi connectivity index (χ2v) is 6.23. The van der Waals surface area contributed by atoms with Crippen molar-refractivity contribution in [3.63, 3.8) is 0 Å². The van der Waals surface area contributed by atoms with Gasteiger partial charge in [0.1, 0.15) is 0 Å². The maximum Gasteiger partial charge on any atom is 0.0429 e. The smallest absolute Gasteiger partial charge is 0.0429 e. The second kappa shape index (κ2) is 5.90. The number of hydrogen-bond donors (Lipinski definition) is 1. The molecule has 0 radical (unpaired) electrons. The molecule has 2 N–H and O–H groups in total. The molecule has 1 aliphatic rings. The molecule has 110 valence electrons. The van der Waals surface area contributed by atoms with Crippen LogP contribution in [0.2, 0.25) is 0 Å². The summed E-state index contributed by atoms with van der Waals surface area (Å²) in [6, 6.07) is 15.6. The van der Waals surface area contributed by atoms with E-state index in [1.165, 1.54) is 27.9 Å². The van der Waals surface area contributed by atoms with Gasteiger partial charge in [0.25, 0.3) is 0 Å². The van der Waals surface area contributed by atoms with Crippen LogP contribution >= 0.6 is 0 Å². The molecule has 0 saturated carbocycles. The first-order valence-corrected chi connectivity index (χ1v) is 7.80. The number of aryl methyl sites for hydroxylation is 2. The van der Waals surface area contributed by atoms with Crippen LogP contribution in [0.15, 0.2) is 42.5 Å². The molecule has 0 amide bonds. The quantitative estimate of drug-likeness (QED) is 0.897. The summed E-state index contributed by atoms with van der Waals surface area (Å²) in [6.07, 6.45) is 2.22. The lowest BCUT2D eigenvalue weighted by Crippen LogP contribution is -2.23. The van der Waals surface area contributed by atoms with E-state index in [9.17, 15) is 0 Å². The van der Waals surface area contributed by atoms with Crippen LogP contribution in [-0.2, 0) is 6.54 Å². The molecule has 0 fully saturated rings. The molecular weight excluding hydrogens is 256 g/mol. The Morgan fingerprint density at radius 3 is 2.57 bits per heavy atom. The average Bonchev–Trinajstić information content (AvgIpc) is 2.59. The van der Waals surface area contributed by atoms with Gasteiger partial charge in [-0.15, -0.1) is 0 Å². The Balaban J connectivity index is 1.93. The van der Waals surface area contributed by atoms with Crippen molar-refractivity contribution in [1.29, 1.82) is 0 Å². The van der Waals surface area contributed by atoms with Crippen molar-refractivity contribution in [2.75, 3.05) is 11.4 Å². The summed E-state index contributed by atoms with van der Waals surface area (Å²) in [7, 11) is 0. The molecular formula is C19H24N2. The molecule has 0 aliphatic carbocycles. The zero-order valence-corrected chi connectivity index (χ0v) is 13.0. The van der Waals surface area contributed by atoms with Crippen molar-refractivity contribution in [2.45, 2.75) is 39.3 Å². The third-order valence-electron chi connectivity index (χ3n) is 4.27. The highest BCUT2D eigenvalue weighted by atomic mass is 15.1. The SMILES string of the molecule is Cc1cc(C)cc(CN2CCCC(N)c3ccccc32)c1. The number of hydrogen-bond acceptors (Lipinski definition) is 2. The van der Waals surface area contributed by atoms with E-state index < -0.39 is 0 Å². The Hall–Kier alpha value is -1.80. The standard InChI is InChI=1S/C19H24N2/c1-14-10-15(2)12-16(11-14)13-21-9-5-7-18(20)17-6-3-4-8-19(17)21/h3-4,6,8,10-12,18H,5,7,9,13,20H2,1-2H3. The zero-order chi connectivity index (χ0) is 14.8. The molecule has 0 bridgehead atoms. The van der Waals surface area contributed by atoms with Gasteiger partial charge in [-0.1, -0.05) is 47.5 Å². The molecule has 2 aromatic carbocycles. The molecule has 1 heterocycles. The van der Waals surface area contributed by atoms with Crippen molar-refractivity contribution >= 4 is 5.69 Å². The first kappa shape index (κ1) is 14.2. The highest BCUT2D eigenvalue weighted by Crippen LogP contribution is 2.32. The highest BCUT2D eigenvalue weighted by Gasteiger charge is 2.20. The Labute approximate surface area is 127 Å². The maximum atomic E-state index is 6.32. The summed E-state index contributed by atoms with van der Waals surface area (Å²) in [4.78, 5) is 2.48. The fourth-order valence-electron chi connectivity index (χ4n) is 3.41. The van der Waals surface area contributed by atoms with Gasteiger partial charge < -0.3 is 10.6 Å². The molecule has 3 rings (SSSR count). The van der Waals surface area contributed by atoms with Crippen LogP contribution in [-0.4, -0.2) is 6.54 Å². The van der Waals surface area contributed by atoms with E-state index in [1.807, 2.05) is 0 Å². The van der Waals surface area contributed by atoms with Crippen LogP contribution in [0.5, 0.6) is 0 Å². The second-order valence-electron chi connectivity index (χ2n) is 6.23. The van der Waals surface area contributed by atoms with Gasteiger partial charge in [0.2, 0.25) is 0 Å². The van der Waals surface area contributed by atoms with Crippen molar-refractivity contribution in [2.24, 2.45) is 5.73 Å². The van der Waals surface area contributed by atoms with Gasteiger partial charge in [-0.3, -0.25) is 0 Å². The van der Waals surface area contributed by atoms with Crippen LogP contribution in [0.3, 0.4) is 0 Å². The van der Waals surface area contributed by atoms with E-state index >= 15 is 0 Å². The lowest BCUT2D eigenvalue weighted by molar-refractivity contribution is 0.626. The summed E-state index contributed by atoms with van der Waals surface area (Å²) in [5.41, 5.74) is 13.0. The number of rotatable bonds is 2. The minimum atomic E-state index is 0.172. The highest BCUT2D eigenvalue weighted by molar-refractivity contribution is 5.56. The Bertz CT molecular complexity index is 613. The zero-order valence-electron chi connectivity index (χ0n) is 13.0. The van der Waals surface area contributed by atoms with Gasteiger partial charge in [0.15, 0.2) is 0 Å².